The van der Waals surface area contributed by atoms with Crippen LogP contribution in [0.2, 0.25) is 0 Å². The molecule has 0 aliphatic carbocycles. The van der Waals surface area contributed by atoms with E-state index in [1.165, 1.54) is 12.3 Å². The lowest BCUT2D eigenvalue weighted by molar-refractivity contribution is 0.510. The molecule has 0 aliphatic heterocycles. The van der Waals surface area contributed by atoms with Gasteiger partial charge in [-0.05, 0) is 0 Å². The van der Waals surface area contributed by atoms with Crippen LogP contribution in [0.25, 0.3) is 16.7 Å². The Balaban J connectivity index is 2.35. The van der Waals surface area contributed by atoms with Gasteiger partial charge in [-0.1, -0.05) is 6.92 Å². The lowest BCUT2D eigenvalue weighted by atomic mass is 10.3. The molecule has 20 heavy (non-hydrogen) atoms. The van der Waals surface area contributed by atoms with Crippen molar-refractivity contribution in [3.63, 3.8) is 0 Å². The second-order valence-corrected chi connectivity index (χ2v) is 4.33. The van der Waals surface area contributed by atoms with Gasteiger partial charge < -0.3 is 0 Å². The molecule has 0 amide bonds. The molecule has 3 rings (SSSR count). The SMILES string of the molecule is CCc1nc2cc(F)c(F)cc2n1-c1cncc(F)c1. The molecule has 0 atom stereocenters. The Labute approximate surface area is 112 Å². The third kappa shape index (κ3) is 1.93. The average Bonchev–Trinajstić information content (AvgIpc) is 2.77. The van der Waals surface area contributed by atoms with Crippen LogP contribution in [-0.2, 0) is 6.42 Å². The van der Waals surface area contributed by atoms with Gasteiger partial charge in [0.1, 0.15) is 11.6 Å². The number of halogens is 3. The van der Waals surface area contributed by atoms with E-state index in [9.17, 15) is 13.2 Å². The summed E-state index contributed by atoms with van der Waals surface area (Å²) < 4.78 is 41.6. The molecule has 3 nitrogen and oxygen atoms in total. The molecule has 0 aliphatic rings. The molecule has 0 N–H and O–H groups in total. The number of benzene rings is 1. The van der Waals surface area contributed by atoms with Gasteiger partial charge in [0.05, 0.1) is 29.1 Å². The van der Waals surface area contributed by atoms with Gasteiger partial charge in [0.25, 0.3) is 0 Å². The number of nitrogens with zero attached hydrogens (tertiary/aromatic N) is 3. The van der Waals surface area contributed by atoms with Gasteiger partial charge in [0.15, 0.2) is 11.6 Å². The maximum Gasteiger partial charge on any atom is 0.161 e. The van der Waals surface area contributed by atoms with Gasteiger partial charge in [-0.25, -0.2) is 18.2 Å². The summed E-state index contributed by atoms with van der Waals surface area (Å²) in [6.45, 7) is 1.86. The van der Waals surface area contributed by atoms with E-state index in [-0.39, 0.29) is 0 Å². The fourth-order valence-electron chi connectivity index (χ4n) is 2.17. The molecular formula is C14H10F3N3. The predicted molar refractivity (Wildman–Crippen MR) is 68.1 cm³/mol. The topological polar surface area (TPSA) is 30.7 Å². The average molecular weight is 277 g/mol. The Hall–Kier alpha value is -2.37. The van der Waals surface area contributed by atoms with Crippen molar-refractivity contribution in [3.8, 4) is 5.69 Å². The summed E-state index contributed by atoms with van der Waals surface area (Å²) >= 11 is 0. The number of rotatable bonds is 2. The molecule has 0 bridgehead atoms. The standard InChI is InChI=1S/C14H10F3N3/c1-2-14-19-12-4-10(16)11(17)5-13(12)20(14)9-3-8(15)6-18-7-9/h3-7H,2H2,1H3. The molecule has 0 fully saturated rings. The minimum Gasteiger partial charge on any atom is -0.295 e. The smallest absolute Gasteiger partial charge is 0.161 e. The summed E-state index contributed by atoms with van der Waals surface area (Å²) in [5, 5.41) is 0. The van der Waals surface area contributed by atoms with E-state index < -0.39 is 17.5 Å². The molecular weight excluding hydrogens is 267 g/mol. The fraction of sp³-hybridized carbons (Fsp3) is 0.143. The van der Waals surface area contributed by atoms with E-state index in [2.05, 4.69) is 9.97 Å². The first kappa shape index (κ1) is 12.7. The van der Waals surface area contributed by atoms with Gasteiger partial charge in [-0.15, -0.1) is 0 Å². The Kier molecular flexibility index (Phi) is 2.93. The summed E-state index contributed by atoms with van der Waals surface area (Å²) in [5.41, 5.74) is 1.13. The number of fused-ring (bicyclic) bond motifs is 1. The van der Waals surface area contributed by atoms with E-state index in [0.717, 1.165) is 18.3 Å². The molecule has 2 heterocycles. The number of hydrogen-bond donors (Lipinski definition) is 0. The van der Waals surface area contributed by atoms with Gasteiger partial charge in [0, 0.05) is 24.6 Å². The van der Waals surface area contributed by atoms with E-state index in [1.807, 2.05) is 6.92 Å². The highest BCUT2D eigenvalue weighted by Gasteiger charge is 2.15. The lowest BCUT2D eigenvalue weighted by Crippen LogP contribution is -2.01. The summed E-state index contributed by atoms with van der Waals surface area (Å²) in [4.78, 5) is 8.02. The maximum atomic E-state index is 13.4. The van der Waals surface area contributed by atoms with Crippen LogP contribution in [0.1, 0.15) is 12.7 Å². The first-order chi connectivity index (χ1) is 9.60. The van der Waals surface area contributed by atoms with Crippen molar-refractivity contribution in [2.45, 2.75) is 13.3 Å². The lowest BCUT2D eigenvalue weighted by Gasteiger charge is -2.07. The third-order valence-corrected chi connectivity index (χ3v) is 3.03. The van der Waals surface area contributed by atoms with Crippen LogP contribution < -0.4 is 0 Å². The largest absolute Gasteiger partial charge is 0.295 e. The first-order valence-electron chi connectivity index (χ1n) is 6.07. The number of pyridine rings is 1. The van der Waals surface area contributed by atoms with Crippen LogP contribution >= 0.6 is 0 Å². The van der Waals surface area contributed by atoms with E-state index in [0.29, 0.717) is 29.0 Å². The minimum absolute atomic E-state index is 0.324. The Morgan fingerprint density at radius 2 is 1.80 bits per heavy atom. The van der Waals surface area contributed by atoms with Crippen LogP contribution in [0.5, 0.6) is 0 Å². The Morgan fingerprint density at radius 1 is 1.05 bits per heavy atom. The summed E-state index contributed by atoms with van der Waals surface area (Å²) in [6.07, 6.45) is 3.06. The first-order valence-corrected chi connectivity index (χ1v) is 6.07. The highest BCUT2D eigenvalue weighted by atomic mass is 19.2. The molecule has 0 unspecified atom stereocenters. The molecule has 6 heteroatoms. The quantitative estimate of drug-likeness (QED) is 0.718. The molecule has 102 valence electrons. The monoisotopic (exact) mass is 277 g/mol. The van der Waals surface area contributed by atoms with Crippen LogP contribution in [0, 0.1) is 17.5 Å². The second-order valence-electron chi connectivity index (χ2n) is 4.33. The molecule has 3 aromatic rings. The number of imidazole rings is 1. The van der Waals surface area contributed by atoms with Crippen molar-refractivity contribution < 1.29 is 13.2 Å². The zero-order chi connectivity index (χ0) is 14.3. The third-order valence-electron chi connectivity index (χ3n) is 3.03. The Bertz CT molecular complexity index is 796. The minimum atomic E-state index is -0.967. The molecule has 1 aromatic carbocycles. The summed E-state index contributed by atoms with van der Waals surface area (Å²) in [5.74, 6) is -1.85. The van der Waals surface area contributed by atoms with Crippen LogP contribution in [-0.4, -0.2) is 14.5 Å². The van der Waals surface area contributed by atoms with Crippen molar-refractivity contribution in [1.29, 1.82) is 0 Å². The van der Waals surface area contributed by atoms with Gasteiger partial charge >= 0.3 is 0 Å². The van der Waals surface area contributed by atoms with Crippen LogP contribution in [0.4, 0.5) is 13.2 Å². The Morgan fingerprint density at radius 3 is 2.50 bits per heavy atom. The van der Waals surface area contributed by atoms with Crippen molar-refractivity contribution in [2.24, 2.45) is 0 Å². The second kappa shape index (κ2) is 4.63. The molecule has 0 radical (unpaired) electrons. The van der Waals surface area contributed by atoms with Crippen molar-refractivity contribution in [3.05, 3.63) is 53.9 Å². The van der Waals surface area contributed by atoms with Gasteiger partial charge in [0.2, 0.25) is 0 Å². The number of aryl methyl sites for hydroxylation is 1. The molecule has 0 saturated carbocycles. The molecule has 0 spiro atoms. The fourth-order valence-corrected chi connectivity index (χ4v) is 2.17. The highest BCUT2D eigenvalue weighted by molar-refractivity contribution is 5.78. The zero-order valence-electron chi connectivity index (χ0n) is 10.6. The molecule has 0 saturated heterocycles. The van der Waals surface area contributed by atoms with Crippen molar-refractivity contribution >= 4 is 11.0 Å². The van der Waals surface area contributed by atoms with Gasteiger partial charge in [-0.3, -0.25) is 9.55 Å². The number of aromatic nitrogens is 3. The van der Waals surface area contributed by atoms with Crippen LogP contribution in [0.15, 0.2) is 30.6 Å². The van der Waals surface area contributed by atoms with Crippen molar-refractivity contribution in [2.75, 3.05) is 0 Å². The maximum absolute atomic E-state index is 13.4. The van der Waals surface area contributed by atoms with E-state index in [1.54, 1.807) is 4.57 Å². The van der Waals surface area contributed by atoms with Crippen LogP contribution in [0.3, 0.4) is 0 Å². The number of hydrogen-bond acceptors (Lipinski definition) is 2. The zero-order valence-corrected chi connectivity index (χ0v) is 10.6. The van der Waals surface area contributed by atoms with Crippen molar-refractivity contribution in [1.82, 2.24) is 14.5 Å². The molecule has 2 aromatic heterocycles. The summed E-state index contributed by atoms with van der Waals surface area (Å²) in [7, 11) is 0. The summed E-state index contributed by atoms with van der Waals surface area (Å²) in [6, 6.07) is 3.36. The van der Waals surface area contributed by atoms with E-state index >= 15 is 0 Å². The van der Waals surface area contributed by atoms with Gasteiger partial charge in [-0.2, -0.15) is 0 Å². The van der Waals surface area contributed by atoms with E-state index in [4.69, 9.17) is 0 Å². The normalized spacial score (nSPS) is 11.2. The predicted octanol–water partition coefficient (Wildman–Crippen LogP) is 3.40. The highest BCUT2D eigenvalue weighted by Crippen LogP contribution is 2.24.